The maximum atomic E-state index is 6.46. The van der Waals surface area contributed by atoms with Gasteiger partial charge >= 0.3 is 0 Å². The third kappa shape index (κ3) is 3.93. The summed E-state index contributed by atoms with van der Waals surface area (Å²) < 4.78 is 2.02. The highest BCUT2D eigenvalue weighted by Crippen LogP contribution is 2.27. The molecule has 0 N–H and O–H groups in total. The Bertz CT molecular complexity index is 391. The summed E-state index contributed by atoms with van der Waals surface area (Å²) in [5.74, 6) is 1.63. The van der Waals surface area contributed by atoms with E-state index in [1.807, 2.05) is 4.68 Å². The van der Waals surface area contributed by atoms with Gasteiger partial charge in [0.05, 0.1) is 6.54 Å². The van der Waals surface area contributed by atoms with E-state index < -0.39 is 0 Å². The topological polar surface area (TPSA) is 34.0 Å². The van der Waals surface area contributed by atoms with Crippen molar-refractivity contribution in [3.05, 3.63) is 12.2 Å². The van der Waals surface area contributed by atoms with Gasteiger partial charge in [-0.2, -0.15) is 5.10 Å². The zero-order chi connectivity index (χ0) is 13.8. The molecule has 108 valence electrons. The van der Waals surface area contributed by atoms with Gasteiger partial charge in [-0.05, 0) is 25.8 Å². The quantitative estimate of drug-likeness (QED) is 0.780. The molecule has 2 atom stereocenters. The number of rotatable bonds is 5. The Labute approximate surface area is 121 Å². The van der Waals surface area contributed by atoms with E-state index in [0.717, 1.165) is 25.3 Å². The molecule has 0 amide bonds. The van der Waals surface area contributed by atoms with Crippen molar-refractivity contribution in [2.75, 3.05) is 7.05 Å². The minimum atomic E-state index is 0.278. The first-order chi connectivity index (χ1) is 9.08. The normalized spacial score (nSPS) is 24.3. The number of hydrogen-bond acceptors (Lipinski definition) is 3. The van der Waals surface area contributed by atoms with Gasteiger partial charge in [0.1, 0.15) is 12.2 Å². The van der Waals surface area contributed by atoms with E-state index in [9.17, 15) is 0 Å². The minimum Gasteiger partial charge on any atom is -0.295 e. The summed E-state index contributed by atoms with van der Waals surface area (Å²) in [5, 5.41) is 4.60. The van der Waals surface area contributed by atoms with Crippen LogP contribution in [0.2, 0.25) is 0 Å². The predicted molar refractivity (Wildman–Crippen MR) is 78.2 cm³/mol. The van der Waals surface area contributed by atoms with E-state index in [1.54, 1.807) is 6.33 Å². The Balaban J connectivity index is 1.98. The molecular weight excluding hydrogens is 260 g/mol. The third-order valence-corrected chi connectivity index (χ3v) is 4.35. The first-order valence-corrected chi connectivity index (χ1v) is 7.72. The van der Waals surface area contributed by atoms with E-state index in [4.69, 9.17) is 11.6 Å². The number of nitrogens with zero attached hydrogens (tertiary/aromatic N) is 4. The van der Waals surface area contributed by atoms with Crippen LogP contribution in [-0.4, -0.2) is 38.1 Å². The van der Waals surface area contributed by atoms with Crippen LogP contribution in [0.25, 0.3) is 0 Å². The Morgan fingerprint density at radius 1 is 1.42 bits per heavy atom. The summed E-state index contributed by atoms with van der Waals surface area (Å²) in [7, 11) is 2.15. The number of halogens is 1. The van der Waals surface area contributed by atoms with Gasteiger partial charge in [0.25, 0.3) is 0 Å². The van der Waals surface area contributed by atoms with Crippen molar-refractivity contribution in [3.8, 4) is 0 Å². The monoisotopic (exact) mass is 284 g/mol. The van der Waals surface area contributed by atoms with Crippen molar-refractivity contribution < 1.29 is 0 Å². The highest BCUT2D eigenvalue weighted by atomic mass is 35.5. The van der Waals surface area contributed by atoms with E-state index in [0.29, 0.717) is 12.0 Å². The smallest absolute Gasteiger partial charge is 0.141 e. The van der Waals surface area contributed by atoms with E-state index >= 15 is 0 Å². The van der Waals surface area contributed by atoms with Crippen molar-refractivity contribution in [2.24, 2.45) is 5.92 Å². The average molecular weight is 285 g/mol. The van der Waals surface area contributed by atoms with Gasteiger partial charge < -0.3 is 0 Å². The van der Waals surface area contributed by atoms with Gasteiger partial charge in [0, 0.05) is 18.0 Å². The van der Waals surface area contributed by atoms with Gasteiger partial charge in [-0.15, -0.1) is 11.6 Å². The molecule has 0 spiro atoms. The second-order valence-corrected chi connectivity index (χ2v) is 6.60. The van der Waals surface area contributed by atoms with Gasteiger partial charge in [-0.1, -0.05) is 26.7 Å². The molecule has 0 radical (unpaired) electrons. The van der Waals surface area contributed by atoms with Crippen LogP contribution >= 0.6 is 11.6 Å². The van der Waals surface area contributed by atoms with Crippen LogP contribution in [0.15, 0.2) is 6.33 Å². The highest BCUT2D eigenvalue weighted by Gasteiger charge is 2.27. The zero-order valence-corrected chi connectivity index (χ0v) is 13.0. The summed E-state index contributed by atoms with van der Waals surface area (Å²) >= 11 is 6.46. The molecule has 5 heteroatoms. The number of hydrogen-bond donors (Lipinski definition) is 0. The fourth-order valence-corrected chi connectivity index (χ4v) is 3.28. The maximum Gasteiger partial charge on any atom is 0.141 e. The fraction of sp³-hybridized carbons (Fsp3) is 0.857. The van der Waals surface area contributed by atoms with Crippen LogP contribution in [0.1, 0.15) is 45.4 Å². The van der Waals surface area contributed by atoms with Crippen LogP contribution in [0.3, 0.4) is 0 Å². The second kappa shape index (κ2) is 6.71. The van der Waals surface area contributed by atoms with Crippen LogP contribution < -0.4 is 0 Å². The lowest BCUT2D eigenvalue weighted by Crippen LogP contribution is -2.41. The van der Waals surface area contributed by atoms with Gasteiger partial charge in [0.15, 0.2) is 0 Å². The van der Waals surface area contributed by atoms with Crippen molar-refractivity contribution in [1.29, 1.82) is 0 Å². The Hall–Kier alpha value is -0.610. The molecule has 1 aliphatic rings. The largest absolute Gasteiger partial charge is 0.295 e. The first-order valence-electron chi connectivity index (χ1n) is 7.29. The lowest BCUT2D eigenvalue weighted by Gasteiger charge is -2.34. The fourth-order valence-electron chi connectivity index (χ4n) is 2.81. The lowest BCUT2D eigenvalue weighted by molar-refractivity contribution is 0.181. The van der Waals surface area contributed by atoms with Crippen LogP contribution in [0.4, 0.5) is 0 Å². The summed E-state index contributed by atoms with van der Waals surface area (Å²) in [6.07, 6.45) is 6.54. The van der Waals surface area contributed by atoms with E-state index in [1.165, 1.54) is 19.3 Å². The average Bonchev–Trinajstić information content (AvgIpc) is 2.76. The molecule has 1 aromatic rings. The van der Waals surface area contributed by atoms with Gasteiger partial charge in [0.2, 0.25) is 0 Å². The molecule has 4 nitrogen and oxygen atoms in total. The summed E-state index contributed by atoms with van der Waals surface area (Å²) in [6.45, 7) is 6.16. The molecule has 2 unspecified atom stereocenters. The molecule has 1 fully saturated rings. The molecule has 1 heterocycles. The van der Waals surface area contributed by atoms with E-state index in [-0.39, 0.29) is 5.38 Å². The molecule has 2 rings (SSSR count). The SMILES string of the molecule is CC(C)Cn1ncnc1CN(C)C1CCCCC1Cl. The summed E-state index contributed by atoms with van der Waals surface area (Å²) in [5.41, 5.74) is 0. The van der Waals surface area contributed by atoms with Crippen molar-refractivity contribution in [2.45, 2.75) is 64.0 Å². The summed E-state index contributed by atoms with van der Waals surface area (Å²) in [4.78, 5) is 6.74. The van der Waals surface area contributed by atoms with Crippen LogP contribution in [0.5, 0.6) is 0 Å². The Morgan fingerprint density at radius 2 is 2.16 bits per heavy atom. The maximum absolute atomic E-state index is 6.46. The van der Waals surface area contributed by atoms with Crippen LogP contribution in [0, 0.1) is 5.92 Å². The Morgan fingerprint density at radius 3 is 2.84 bits per heavy atom. The number of aromatic nitrogens is 3. The number of alkyl halides is 1. The zero-order valence-electron chi connectivity index (χ0n) is 12.2. The molecular formula is C14H25ClN4. The van der Waals surface area contributed by atoms with Gasteiger partial charge in [-0.25, -0.2) is 9.67 Å². The third-order valence-electron chi connectivity index (χ3n) is 3.84. The lowest BCUT2D eigenvalue weighted by atomic mass is 9.94. The summed E-state index contributed by atoms with van der Waals surface area (Å²) in [6, 6.07) is 0.472. The molecule has 0 aliphatic heterocycles. The molecule has 0 saturated heterocycles. The first kappa shape index (κ1) is 14.8. The molecule has 1 saturated carbocycles. The highest BCUT2D eigenvalue weighted by molar-refractivity contribution is 6.21. The standard InChI is InChI=1S/C14H25ClN4/c1-11(2)8-19-14(16-10-17-19)9-18(3)13-7-5-4-6-12(13)15/h10-13H,4-9H2,1-3H3. The molecule has 0 bridgehead atoms. The molecule has 1 aromatic heterocycles. The van der Waals surface area contributed by atoms with Crippen molar-refractivity contribution in [3.63, 3.8) is 0 Å². The molecule has 19 heavy (non-hydrogen) atoms. The van der Waals surface area contributed by atoms with Gasteiger partial charge in [-0.3, -0.25) is 4.90 Å². The van der Waals surface area contributed by atoms with Crippen LogP contribution in [-0.2, 0) is 13.1 Å². The second-order valence-electron chi connectivity index (χ2n) is 6.04. The van der Waals surface area contributed by atoms with Crippen molar-refractivity contribution in [1.82, 2.24) is 19.7 Å². The van der Waals surface area contributed by atoms with Crippen molar-refractivity contribution >= 4 is 11.6 Å². The molecule has 0 aromatic carbocycles. The Kier molecular flexibility index (Phi) is 5.22. The van der Waals surface area contributed by atoms with E-state index in [2.05, 4.69) is 35.9 Å². The molecule has 1 aliphatic carbocycles. The minimum absolute atomic E-state index is 0.278. The predicted octanol–water partition coefficient (Wildman–Crippen LogP) is 2.92.